The van der Waals surface area contributed by atoms with Crippen LogP contribution in [0.4, 0.5) is 0 Å². The number of hydrogen-bond acceptors (Lipinski definition) is 4. The zero-order valence-corrected chi connectivity index (χ0v) is 11.8. The van der Waals surface area contributed by atoms with Gasteiger partial charge in [-0.15, -0.1) is 0 Å². The number of carbonyl (C=O) groups is 1. The highest BCUT2D eigenvalue weighted by molar-refractivity contribution is 6.03. The van der Waals surface area contributed by atoms with Crippen molar-refractivity contribution in [2.45, 2.75) is 38.2 Å². The van der Waals surface area contributed by atoms with Crippen molar-refractivity contribution >= 4 is 5.78 Å². The van der Waals surface area contributed by atoms with Crippen molar-refractivity contribution in [3.8, 4) is 5.75 Å². The molecule has 1 aliphatic rings. The molecule has 104 valence electrons. The standard InChI is InChI=1S/C15H21NO3/c1-11-6-4-8-15(10-11,19-3)14(17)13-12(18-2)7-5-9-16-13/h5,7,9,11H,4,6,8,10H2,1-3H3. The molecule has 1 aromatic rings. The molecule has 0 aliphatic heterocycles. The largest absolute Gasteiger partial charge is 0.494 e. The van der Waals surface area contributed by atoms with Gasteiger partial charge in [0.2, 0.25) is 5.78 Å². The molecule has 2 rings (SSSR count). The second kappa shape index (κ2) is 5.70. The highest BCUT2D eigenvalue weighted by Gasteiger charge is 2.43. The summed E-state index contributed by atoms with van der Waals surface area (Å²) in [6.07, 6.45) is 5.29. The fourth-order valence-corrected chi connectivity index (χ4v) is 2.93. The van der Waals surface area contributed by atoms with E-state index < -0.39 is 5.60 Å². The van der Waals surface area contributed by atoms with Crippen molar-refractivity contribution in [1.29, 1.82) is 0 Å². The molecule has 0 radical (unpaired) electrons. The summed E-state index contributed by atoms with van der Waals surface area (Å²) in [6, 6.07) is 3.52. The number of Topliss-reactive ketones (excluding diaryl/α,β-unsaturated/α-hetero) is 1. The maximum absolute atomic E-state index is 12.8. The quantitative estimate of drug-likeness (QED) is 0.784. The topological polar surface area (TPSA) is 48.4 Å². The smallest absolute Gasteiger partial charge is 0.216 e. The molecule has 2 atom stereocenters. The fraction of sp³-hybridized carbons (Fsp3) is 0.600. The first-order valence-electron chi connectivity index (χ1n) is 6.72. The molecule has 0 amide bonds. The van der Waals surface area contributed by atoms with Gasteiger partial charge in [-0.3, -0.25) is 4.79 Å². The molecule has 0 aromatic carbocycles. The first kappa shape index (κ1) is 14.0. The molecule has 1 saturated carbocycles. The Morgan fingerprint density at radius 1 is 1.47 bits per heavy atom. The Morgan fingerprint density at radius 2 is 2.26 bits per heavy atom. The van der Waals surface area contributed by atoms with Gasteiger partial charge in [-0.2, -0.15) is 0 Å². The van der Waals surface area contributed by atoms with Crippen LogP contribution in [0.15, 0.2) is 18.3 Å². The van der Waals surface area contributed by atoms with Gasteiger partial charge in [0.15, 0.2) is 5.69 Å². The van der Waals surface area contributed by atoms with Gasteiger partial charge >= 0.3 is 0 Å². The number of rotatable bonds is 4. The zero-order chi connectivity index (χ0) is 13.9. The Bertz CT molecular complexity index is 460. The Kier molecular flexibility index (Phi) is 4.20. The van der Waals surface area contributed by atoms with Crippen molar-refractivity contribution in [1.82, 2.24) is 4.98 Å². The lowest BCUT2D eigenvalue weighted by Crippen LogP contribution is -2.45. The van der Waals surface area contributed by atoms with Gasteiger partial charge in [0.25, 0.3) is 0 Å². The SMILES string of the molecule is COc1cccnc1C(=O)C1(OC)CCCC(C)C1. The van der Waals surface area contributed by atoms with E-state index in [4.69, 9.17) is 9.47 Å². The molecule has 2 unspecified atom stereocenters. The molecule has 19 heavy (non-hydrogen) atoms. The van der Waals surface area contributed by atoms with E-state index in [1.165, 1.54) is 0 Å². The lowest BCUT2D eigenvalue weighted by atomic mass is 9.75. The number of nitrogens with zero attached hydrogens (tertiary/aromatic N) is 1. The minimum absolute atomic E-state index is 0.0565. The Hall–Kier alpha value is -1.42. The zero-order valence-electron chi connectivity index (χ0n) is 11.8. The van der Waals surface area contributed by atoms with Crippen LogP contribution in [0.1, 0.15) is 43.1 Å². The van der Waals surface area contributed by atoms with Crippen LogP contribution < -0.4 is 4.74 Å². The second-order valence-corrected chi connectivity index (χ2v) is 5.28. The Labute approximate surface area is 114 Å². The highest BCUT2D eigenvalue weighted by atomic mass is 16.5. The second-order valence-electron chi connectivity index (χ2n) is 5.28. The lowest BCUT2D eigenvalue weighted by Gasteiger charge is -2.37. The van der Waals surface area contributed by atoms with Crippen LogP contribution in [-0.4, -0.2) is 30.6 Å². The first-order valence-corrected chi connectivity index (χ1v) is 6.72. The maximum atomic E-state index is 12.8. The Balaban J connectivity index is 2.35. The van der Waals surface area contributed by atoms with Crippen LogP contribution in [0.25, 0.3) is 0 Å². The minimum Gasteiger partial charge on any atom is -0.494 e. The van der Waals surface area contributed by atoms with Crippen LogP contribution >= 0.6 is 0 Å². The molecule has 4 heteroatoms. The third kappa shape index (κ3) is 2.63. The molecule has 1 heterocycles. The van der Waals surface area contributed by atoms with Gasteiger partial charge in [0.05, 0.1) is 7.11 Å². The Morgan fingerprint density at radius 3 is 2.89 bits per heavy atom. The van der Waals surface area contributed by atoms with Gasteiger partial charge in [0, 0.05) is 13.3 Å². The molecular formula is C15H21NO3. The number of methoxy groups -OCH3 is 2. The third-order valence-corrected chi connectivity index (χ3v) is 3.97. The molecule has 1 aromatic heterocycles. The number of aromatic nitrogens is 1. The van der Waals surface area contributed by atoms with Crippen molar-refractivity contribution in [3.63, 3.8) is 0 Å². The van der Waals surface area contributed by atoms with E-state index in [1.54, 1.807) is 32.5 Å². The average Bonchev–Trinajstić information content (AvgIpc) is 2.46. The van der Waals surface area contributed by atoms with E-state index in [-0.39, 0.29) is 5.78 Å². The predicted octanol–water partition coefficient (Wildman–Crippen LogP) is 2.87. The van der Waals surface area contributed by atoms with Crippen molar-refractivity contribution in [2.75, 3.05) is 14.2 Å². The van der Waals surface area contributed by atoms with E-state index in [0.29, 0.717) is 17.4 Å². The summed E-state index contributed by atoms with van der Waals surface area (Å²) < 4.78 is 10.9. The van der Waals surface area contributed by atoms with E-state index >= 15 is 0 Å². The van der Waals surface area contributed by atoms with Crippen LogP contribution in [0, 0.1) is 5.92 Å². The van der Waals surface area contributed by atoms with Crippen LogP contribution in [0.5, 0.6) is 5.75 Å². The van der Waals surface area contributed by atoms with Gasteiger partial charge in [-0.1, -0.05) is 13.3 Å². The van der Waals surface area contributed by atoms with Crippen molar-refractivity contribution in [3.05, 3.63) is 24.0 Å². The van der Waals surface area contributed by atoms with Gasteiger partial charge in [-0.25, -0.2) is 4.98 Å². The number of pyridine rings is 1. The lowest BCUT2D eigenvalue weighted by molar-refractivity contribution is -0.0307. The number of ketones is 1. The number of ether oxygens (including phenoxy) is 2. The normalized spacial score (nSPS) is 27.0. The van der Waals surface area contributed by atoms with E-state index in [0.717, 1.165) is 25.7 Å². The average molecular weight is 263 g/mol. The maximum Gasteiger partial charge on any atom is 0.216 e. The summed E-state index contributed by atoms with van der Waals surface area (Å²) in [6.45, 7) is 2.16. The van der Waals surface area contributed by atoms with E-state index in [2.05, 4.69) is 11.9 Å². The molecule has 0 saturated heterocycles. The predicted molar refractivity (Wildman–Crippen MR) is 72.5 cm³/mol. The van der Waals surface area contributed by atoms with Crippen LogP contribution in [0.3, 0.4) is 0 Å². The number of carbonyl (C=O) groups excluding carboxylic acids is 1. The summed E-state index contributed by atoms with van der Waals surface area (Å²) in [7, 11) is 3.17. The summed E-state index contributed by atoms with van der Waals surface area (Å²) in [4.78, 5) is 17.0. The molecule has 1 aliphatic carbocycles. The van der Waals surface area contributed by atoms with Crippen molar-refractivity contribution in [2.24, 2.45) is 5.92 Å². The van der Waals surface area contributed by atoms with Gasteiger partial charge < -0.3 is 9.47 Å². The summed E-state index contributed by atoms with van der Waals surface area (Å²) in [5.74, 6) is 0.952. The minimum atomic E-state index is -0.737. The molecule has 1 fully saturated rings. The van der Waals surface area contributed by atoms with Crippen molar-refractivity contribution < 1.29 is 14.3 Å². The summed E-state index contributed by atoms with van der Waals surface area (Å²) >= 11 is 0. The third-order valence-electron chi connectivity index (χ3n) is 3.97. The highest BCUT2D eigenvalue weighted by Crippen LogP contribution is 2.38. The first-order chi connectivity index (χ1) is 9.13. The fourth-order valence-electron chi connectivity index (χ4n) is 2.93. The summed E-state index contributed by atoms with van der Waals surface area (Å²) in [5, 5.41) is 0. The van der Waals surface area contributed by atoms with Gasteiger partial charge in [-0.05, 0) is 37.3 Å². The van der Waals surface area contributed by atoms with Crippen LogP contribution in [-0.2, 0) is 4.74 Å². The van der Waals surface area contributed by atoms with E-state index in [9.17, 15) is 4.79 Å². The summed E-state index contributed by atoms with van der Waals surface area (Å²) in [5.41, 5.74) is -0.361. The molecule has 0 bridgehead atoms. The van der Waals surface area contributed by atoms with Crippen LogP contribution in [0.2, 0.25) is 0 Å². The monoisotopic (exact) mass is 263 g/mol. The van der Waals surface area contributed by atoms with Gasteiger partial charge in [0.1, 0.15) is 11.4 Å². The molecule has 4 nitrogen and oxygen atoms in total. The molecular weight excluding hydrogens is 242 g/mol. The molecule has 0 N–H and O–H groups in total. The van der Waals surface area contributed by atoms with E-state index in [1.807, 2.05) is 0 Å². The number of hydrogen-bond donors (Lipinski definition) is 0. The molecule has 0 spiro atoms.